The van der Waals surface area contributed by atoms with Crippen LogP contribution in [0.4, 0.5) is 4.79 Å². The monoisotopic (exact) mass is 346 g/mol. The summed E-state index contributed by atoms with van der Waals surface area (Å²) in [5, 5.41) is 5.85. The van der Waals surface area contributed by atoms with Crippen molar-refractivity contribution in [2.24, 2.45) is 0 Å². The van der Waals surface area contributed by atoms with Gasteiger partial charge in [-0.15, -0.1) is 0 Å². The van der Waals surface area contributed by atoms with Gasteiger partial charge in [0.1, 0.15) is 0 Å². The van der Waals surface area contributed by atoms with Crippen LogP contribution in [0.25, 0.3) is 0 Å². The molecule has 25 heavy (non-hydrogen) atoms. The first-order chi connectivity index (χ1) is 12.2. The highest BCUT2D eigenvalue weighted by Crippen LogP contribution is 2.21. The predicted octanol–water partition coefficient (Wildman–Crippen LogP) is 0.591. The number of carbonyl (C=O) groups excluding carboxylic acids is 2. The highest BCUT2D eigenvalue weighted by Gasteiger charge is 2.24. The maximum atomic E-state index is 12.5. The zero-order chi connectivity index (χ0) is 17.5. The van der Waals surface area contributed by atoms with Gasteiger partial charge in [-0.25, -0.2) is 4.79 Å². The van der Waals surface area contributed by atoms with Gasteiger partial charge in [-0.3, -0.25) is 9.69 Å². The maximum Gasteiger partial charge on any atom is 0.317 e. The zero-order valence-electron chi connectivity index (χ0n) is 14.4. The lowest BCUT2D eigenvalue weighted by Crippen LogP contribution is -2.47. The number of nitrogens with one attached hydrogen (secondary N) is 2. The molecule has 3 amide bonds. The number of ether oxygens (including phenoxy) is 1. The molecule has 0 bridgehead atoms. The van der Waals surface area contributed by atoms with Gasteiger partial charge < -0.3 is 20.3 Å². The van der Waals surface area contributed by atoms with Gasteiger partial charge in [-0.1, -0.05) is 30.3 Å². The molecule has 7 heteroatoms. The fourth-order valence-corrected chi connectivity index (χ4v) is 3.29. The van der Waals surface area contributed by atoms with E-state index in [2.05, 4.69) is 27.7 Å². The summed E-state index contributed by atoms with van der Waals surface area (Å²) in [6.07, 6.45) is 0.360. The van der Waals surface area contributed by atoms with Crippen LogP contribution >= 0.6 is 0 Å². The molecular formula is C18H26N4O3. The third-order valence-corrected chi connectivity index (χ3v) is 4.72. The van der Waals surface area contributed by atoms with Crippen LogP contribution in [0.15, 0.2) is 30.3 Å². The fraction of sp³-hybridized carbons (Fsp3) is 0.556. The Bertz CT molecular complexity index is 575. The number of carbonyl (C=O) groups is 2. The van der Waals surface area contributed by atoms with E-state index in [1.54, 1.807) is 4.90 Å². The Labute approximate surface area is 148 Å². The molecule has 2 aliphatic heterocycles. The number of amides is 3. The number of rotatable bonds is 4. The van der Waals surface area contributed by atoms with Crippen LogP contribution in [0.1, 0.15) is 18.0 Å². The first-order valence-electron chi connectivity index (χ1n) is 8.90. The summed E-state index contributed by atoms with van der Waals surface area (Å²) in [5.41, 5.74) is 1.19. The number of nitrogens with zero attached hydrogens (tertiary/aromatic N) is 2. The lowest BCUT2D eigenvalue weighted by molar-refractivity contribution is -0.120. The van der Waals surface area contributed by atoms with Crippen molar-refractivity contribution >= 4 is 11.9 Å². The van der Waals surface area contributed by atoms with E-state index in [9.17, 15) is 9.59 Å². The number of hydrogen-bond donors (Lipinski definition) is 2. The van der Waals surface area contributed by atoms with Gasteiger partial charge in [-0.05, 0) is 5.56 Å². The molecular weight excluding hydrogens is 320 g/mol. The highest BCUT2D eigenvalue weighted by molar-refractivity contribution is 5.79. The lowest BCUT2D eigenvalue weighted by Gasteiger charge is -2.35. The number of morpholine rings is 1. The van der Waals surface area contributed by atoms with Crippen molar-refractivity contribution in [3.05, 3.63) is 35.9 Å². The second-order valence-corrected chi connectivity index (χ2v) is 6.35. The van der Waals surface area contributed by atoms with Crippen molar-refractivity contribution in [2.45, 2.75) is 12.5 Å². The van der Waals surface area contributed by atoms with Crippen LogP contribution in [0.3, 0.4) is 0 Å². The molecule has 1 aromatic rings. The topological polar surface area (TPSA) is 73.9 Å². The van der Waals surface area contributed by atoms with E-state index in [1.165, 1.54) is 5.56 Å². The summed E-state index contributed by atoms with van der Waals surface area (Å²) in [6.45, 7) is 5.22. The molecule has 2 N–H and O–H groups in total. The minimum Gasteiger partial charge on any atom is -0.379 e. The van der Waals surface area contributed by atoms with Gasteiger partial charge >= 0.3 is 6.03 Å². The normalized spacial score (nSPS) is 20.5. The average Bonchev–Trinajstić information content (AvgIpc) is 2.88. The van der Waals surface area contributed by atoms with Gasteiger partial charge in [0.05, 0.1) is 19.3 Å². The molecule has 2 aliphatic rings. The Morgan fingerprint density at radius 1 is 1.16 bits per heavy atom. The molecule has 0 aliphatic carbocycles. The van der Waals surface area contributed by atoms with E-state index >= 15 is 0 Å². The predicted molar refractivity (Wildman–Crippen MR) is 94.2 cm³/mol. The Morgan fingerprint density at radius 2 is 1.92 bits per heavy atom. The van der Waals surface area contributed by atoms with Crippen LogP contribution in [0.2, 0.25) is 0 Å². The number of urea groups is 1. The third kappa shape index (κ3) is 4.93. The van der Waals surface area contributed by atoms with Crippen LogP contribution in [-0.4, -0.2) is 74.2 Å². The van der Waals surface area contributed by atoms with Gasteiger partial charge in [0.15, 0.2) is 0 Å². The molecule has 0 saturated carbocycles. The molecule has 3 rings (SSSR count). The standard InChI is InChI=1S/C18H26N4O3/c23-17-6-8-22(9-7-19-17)18(24)20-14-16(15-4-2-1-3-5-15)21-10-12-25-13-11-21/h1-5,16H,6-14H2,(H,19,23)(H,20,24). The van der Waals surface area contributed by atoms with Gasteiger partial charge in [0.2, 0.25) is 5.91 Å². The maximum absolute atomic E-state index is 12.5. The first kappa shape index (κ1) is 17.7. The Kier molecular flexibility index (Phi) is 6.25. The summed E-state index contributed by atoms with van der Waals surface area (Å²) in [5.74, 6) is 0.00535. The van der Waals surface area contributed by atoms with Gasteiger partial charge in [0, 0.05) is 45.7 Å². The molecule has 1 unspecified atom stereocenters. The SMILES string of the molecule is O=C1CCN(C(=O)NCC(c2ccccc2)N2CCOCC2)CCN1. The van der Waals surface area contributed by atoms with E-state index in [1.807, 2.05) is 18.2 Å². The molecule has 2 heterocycles. The van der Waals surface area contributed by atoms with Crippen molar-refractivity contribution in [1.82, 2.24) is 20.4 Å². The van der Waals surface area contributed by atoms with Crippen molar-refractivity contribution in [3.8, 4) is 0 Å². The highest BCUT2D eigenvalue weighted by atomic mass is 16.5. The minimum absolute atomic E-state index is 0.00535. The van der Waals surface area contributed by atoms with E-state index in [-0.39, 0.29) is 18.0 Å². The third-order valence-electron chi connectivity index (χ3n) is 4.72. The Morgan fingerprint density at radius 3 is 2.68 bits per heavy atom. The molecule has 0 spiro atoms. The summed E-state index contributed by atoms with van der Waals surface area (Å²) in [4.78, 5) is 28.0. The van der Waals surface area contributed by atoms with Crippen molar-refractivity contribution in [1.29, 1.82) is 0 Å². The van der Waals surface area contributed by atoms with Crippen LogP contribution in [0.5, 0.6) is 0 Å². The quantitative estimate of drug-likeness (QED) is 0.837. The number of benzene rings is 1. The molecule has 136 valence electrons. The molecule has 2 saturated heterocycles. The van der Waals surface area contributed by atoms with Crippen LogP contribution in [-0.2, 0) is 9.53 Å². The Balaban J connectivity index is 1.61. The Hall–Kier alpha value is -2.12. The van der Waals surface area contributed by atoms with E-state index in [0.717, 1.165) is 26.3 Å². The minimum atomic E-state index is -0.106. The van der Waals surface area contributed by atoms with Gasteiger partial charge in [0.25, 0.3) is 0 Å². The van der Waals surface area contributed by atoms with Crippen LogP contribution < -0.4 is 10.6 Å². The molecule has 7 nitrogen and oxygen atoms in total. The van der Waals surface area contributed by atoms with E-state index in [0.29, 0.717) is 32.6 Å². The molecule has 0 aromatic heterocycles. The van der Waals surface area contributed by atoms with Crippen LogP contribution in [0, 0.1) is 0 Å². The number of hydrogen-bond acceptors (Lipinski definition) is 4. The molecule has 0 radical (unpaired) electrons. The summed E-state index contributed by atoms with van der Waals surface area (Å²) < 4.78 is 5.45. The second kappa shape index (κ2) is 8.82. The summed E-state index contributed by atoms with van der Waals surface area (Å²) in [6, 6.07) is 10.3. The lowest BCUT2D eigenvalue weighted by atomic mass is 10.0. The van der Waals surface area contributed by atoms with Crippen molar-refractivity contribution < 1.29 is 14.3 Å². The second-order valence-electron chi connectivity index (χ2n) is 6.35. The first-order valence-corrected chi connectivity index (χ1v) is 8.90. The van der Waals surface area contributed by atoms with E-state index in [4.69, 9.17) is 4.74 Å². The smallest absolute Gasteiger partial charge is 0.317 e. The molecule has 1 aromatic carbocycles. The van der Waals surface area contributed by atoms with E-state index < -0.39 is 0 Å². The largest absolute Gasteiger partial charge is 0.379 e. The summed E-state index contributed by atoms with van der Waals surface area (Å²) in [7, 11) is 0. The molecule has 2 fully saturated rings. The summed E-state index contributed by atoms with van der Waals surface area (Å²) >= 11 is 0. The zero-order valence-corrected chi connectivity index (χ0v) is 14.4. The van der Waals surface area contributed by atoms with Crippen molar-refractivity contribution in [2.75, 3.05) is 52.5 Å². The van der Waals surface area contributed by atoms with Gasteiger partial charge in [-0.2, -0.15) is 0 Å². The van der Waals surface area contributed by atoms with Crippen molar-refractivity contribution in [3.63, 3.8) is 0 Å². The fourth-order valence-electron chi connectivity index (χ4n) is 3.29. The average molecular weight is 346 g/mol. The molecule has 1 atom stereocenters.